The summed E-state index contributed by atoms with van der Waals surface area (Å²) in [5, 5.41) is 10.6. The first kappa shape index (κ1) is 16.0. The number of nitrogens with zero attached hydrogens (tertiary/aromatic N) is 2. The Labute approximate surface area is 134 Å². The number of thiocarbonyl (C=S) groups is 1. The summed E-state index contributed by atoms with van der Waals surface area (Å²) in [5.74, 6) is -0.543. The van der Waals surface area contributed by atoms with Gasteiger partial charge in [0.25, 0.3) is 5.91 Å². The fraction of sp³-hybridized carbons (Fsp3) is 0.267. The van der Waals surface area contributed by atoms with Crippen LogP contribution in [-0.4, -0.2) is 20.8 Å². The van der Waals surface area contributed by atoms with Gasteiger partial charge in [-0.25, -0.2) is 0 Å². The summed E-state index contributed by atoms with van der Waals surface area (Å²) in [6, 6.07) is 7.91. The zero-order valence-corrected chi connectivity index (χ0v) is 13.4. The number of aryl methyl sites for hydroxylation is 2. The number of primary amides is 1. The van der Waals surface area contributed by atoms with Crippen molar-refractivity contribution < 1.29 is 4.79 Å². The lowest BCUT2D eigenvalue weighted by Gasteiger charge is -2.13. The molecule has 7 heteroatoms. The van der Waals surface area contributed by atoms with E-state index in [-0.39, 0.29) is 0 Å². The number of rotatable bonds is 5. The number of nitrogens with one attached hydrogen (secondary N) is 2. The lowest BCUT2D eigenvalue weighted by molar-refractivity contribution is 0.0991. The minimum Gasteiger partial charge on any atom is -0.364 e. The number of hydrogen-bond acceptors (Lipinski definition) is 3. The first-order valence-electron chi connectivity index (χ1n) is 7.08. The minimum atomic E-state index is -0.543. The van der Waals surface area contributed by atoms with Gasteiger partial charge in [-0.2, -0.15) is 5.10 Å². The molecule has 0 saturated carbocycles. The first-order chi connectivity index (χ1) is 10.6. The van der Waals surface area contributed by atoms with Crippen LogP contribution in [0, 0.1) is 0 Å². The van der Waals surface area contributed by atoms with E-state index in [9.17, 15) is 4.79 Å². The molecule has 1 aromatic carbocycles. The Hall–Kier alpha value is -2.41. The topological polar surface area (TPSA) is 85.0 Å². The van der Waals surface area contributed by atoms with E-state index in [0.29, 0.717) is 23.0 Å². The van der Waals surface area contributed by atoms with Gasteiger partial charge in [-0.3, -0.25) is 9.48 Å². The molecule has 0 atom stereocenters. The molecule has 0 aliphatic rings. The van der Waals surface area contributed by atoms with Gasteiger partial charge in [0.1, 0.15) is 5.69 Å². The summed E-state index contributed by atoms with van der Waals surface area (Å²) in [5.41, 5.74) is 8.32. The molecule has 0 radical (unpaired) electrons. The number of anilines is 2. The van der Waals surface area contributed by atoms with Crippen LogP contribution in [0.5, 0.6) is 0 Å². The average Bonchev–Trinajstić information content (AvgIpc) is 2.90. The van der Waals surface area contributed by atoms with E-state index in [1.54, 1.807) is 6.20 Å². The molecule has 0 aliphatic heterocycles. The predicted octanol–water partition coefficient (Wildman–Crippen LogP) is 2.37. The van der Waals surface area contributed by atoms with Gasteiger partial charge in [0.05, 0.1) is 11.9 Å². The summed E-state index contributed by atoms with van der Waals surface area (Å²) in [7, 11) is 0. The van der Waals surface area contributed by atoms with Crippen LogP contribution in [0.4, 0.5) is 11.4 Å². The third kappa shape index (κ3) is 3.43. The van der Waals surface area contributed by atoms with Crippen molar-refractivity contribution in [2.24, 2.45) is 5.73 Å². The van der Waals surface area contributed by atoms with Crippen molar-refractivity contribution in [2.75, 3.05) is 10.6 Å². The molecule has 1 amide bonds. The molecule has 1 aromatic heterocycles. The molecule has 22 heavy (non-hydrogen) atoms. The first-order valence-corrected chi connectivity index (χ1v) is 7.49. The number of carbonyl (C=O) groups excluding carboxylic acids is 1. The maximum atomic E-state index is 11.6. The molecule has 2 aromatic rings. The van der Waals surface area contributed by atoms with Gasteiger partial charge in [-0.1, -0.05) is 25.1 Å². The van der Waals surface area contributed by atoms with Crippen molar-refractivity contribution >= 4 is 34.6 Å². The lowest BCUT2D eigenvalue weighted by atomic mass is 10.1. The fourth-order valence-corrected chi connectivity index (χ4v) is 2.42. The molecule has 2 rings (SSSR count). The van der Waals surface area contributed by atoms with Crippen molar-refractivity contribution in [1.29, 1.82) is 0 Å². The molecular formula is C15H19N5OS. The number of carbonyl (C=O) groups is 1. The molecular weight excluding hydrogens is 298 g/mol. The van der Waals surface area contributed by atoms with Crippen molar-refractivity contribution in [3.8, 4) is 0 Å². The van der Waals surface area contributed by atoms with Crippen molar-refractivity contribution in [1.82, 2.24) is 9.78 Å². The smallest absolute Gasteiger partial charge is 0.269 e. The number of para-hydroxylation sites is 1. The molecule has 0 bridgehead atoms. The highest BCUT2D eigenvalue weighted by Gasteiger charge is 2.16. The van der Waals surface area contributed by atoms with E-state index in [0.717, 1.165) is 17.7 Å². The Morgan fingerprint density at radius 2 is 1.95 bits per heavy atom. The number of nitrogens with two attached hydrogens (primary N) is 1. The standard InChI is InChI=1S/C15H19N5OS/c1-3-10-7-5-6-8-11(10)18-15(22)19-12-9-17-20(4-2)13(12)14(16)21/h5-9H,3-4H2,1-2H3,(H2,16,21)(H2,18,19,22). The number of amides is 1. The second kappa shape index (κ2) is 7.04. The fourth-order valence-electron chi connectivity index (χ4n) is 2.20. The summed E-state index contributed by atoms with van der Waals surface area (Å²) in [6.07, 6.45) is 2.44. The van der Waals surface area contributed by atoms with Crippen molar-refractivity contribution in [3.05, 3.63) is 41.7 Å². The normalized spacial score (nSPS) is 10.3. The lowest BCUT2D eigenvalue weighted by Crippen LogP contribution is -2.23. The van der Waals surface area contributed by atoms with Crippen LogP contribution < -0.4 is 16.4 Å². The SMILES string of the molecule is CCc1ccccc1NC(=S)Nc1cnn(CC)c1C(N)=O. The molecule has 0 spiro atoms. The molecule has 0 saturated heterocycles. The van der Waals surface area contributed by atoms with Crippen LogP contribution in [-0.2, 0) is 13.0 Å². The van der Waals surface area contributed by atoms with E-state index in [2.05, 4.69) is 22.7 Å². The molecule has 0 unspecified atom stereocenters. The Kier molecular flexibility index (Phi) is 5.11. The highest BCUT2D eigenvalue weighted by atomic mass is 32.1. The zero-order chi connectivity index (χ0) is 16.1. The van der Waals surface area contributed by atoms with Crippen molar-refractivity contribution in [3.63, 3.8) is 0 Å². The Bertz CT molecular complexity index is 695. The van der Waals surface area contributed by atoms with Crippen molar-refractivity contribution in [2.45, 2.75) is 26.8 Å². The van der Waals surface area contributed by atoms with E-state index >= 15 is 0 Å². The van der Waals surface area contributed by atoms with Crippen LogP contribution in [0.2, 0.25) is 0 Å². The van der Waals surface area contributed by atoms with Gasteiger partial charge in [0.2, 0.25) is 0 Å². The quantitative estimate of drug-likeness (QED) is 0.737. The van der Waals surface area contributed by atoms with Gasteiger partial charge < -0.3 is 16.4 Å². The van der Waals surface area contributed by atoms with Gasteiger partial charge in [0, 0.05) is 12.2 Å². The zero-order valence-electron chi connectivity index (χ0n) is 12.6. The van der Waals surface area contributed by atoms with Crippen LogP contribution in [0.25, 0.3) is 0 Å². The van der Waals surface area contributed by atoms with Crippen LogP contribution in [0.1, 0.15) is 29.9 Å². The maximum Gasteiger partial charge on any atom is 0.269 e. The summed E-state index contributed by atoms with van der Waals surface area (Å²) < 4.78 is 1.53. The third-order valence-electron chi connectivity index (χ3n) is 3.27. The highest BCUT2D eigenvalue weighted by molar-refractivity contribution is 7.80. The maximum absolute atomic E-state index is 11.6. The predicted molar refractivity (Wildman–Crippen MR) is 92.1 cm³/mol. The van der Waals surface area contributed by atoms with E-state index < -0.39 is 5.91 Å². The highest BCUT2D eigenvalue weighted by Crippen LogP contribution is 2.18. The molecule has 1 heterocycles. The summed E-state index contributed by atoms with van der Waals surface area (Å²) in [4.78, 5) is 11.6. The number of benzene rings is 1. The molecule has 6 nitrogen and oxygen atoms in total. The van der Waals surface area contributed by atoms with Gasteiger partial charge in [-0.05, 0) is 37.2 Å². The second-order valence-corrected chi connectivity index (χ2v) is 5.08. The average molecular weight is 317 g/mol. The largest absolute Gasteiger partial charge is 0.364 e. The summed E-state index contributed by atoms with van der Waals surface area (Å²) in [6.45, 7) is 4.52. The van der Waals surface area contributed by atoms with Crippen LogP contribution in [0.3, 0.4) is 0 Å². The molecule has 116 valence electrons. The Balaban J connectivity index is 2.16. The molecule has 4 N–H and O–H groups in total. The van der Waals surface area contributed by atoms with Crippen LogP contribution in [0.15, 0.2) is 30.5 Å². The van der Waals surface area contributed by atoms with E-state index in [4.69, 9.17) is 18.0 Å². The van der Waals surface area contributed by atoms with Gasteiger partial charge in [-0.15, -0.1) is 0 Å². The monoisotopic (exact) mass is 317 g/mol. The Morgan fingerprint density at radius 3 is 2.59 bits per heavy atom. The third-order valence-corrected chi connectivity index (χ3v) is 3.47. The van der Waals surface area contributed by atoms with Gasteiger partial charge in [0.15, 0.2) is 5.11 Å². The van der Waals surface area contributed by atoms with Crippen LogP contribution >= 0.6 is 12.2 Å². The Morgan fingerprint density at radius 1 is 1.27 bits per heavy atom. The number of hydrogen-bond donors (Lipinski definition) is 3. The van der Waals surface area contributed by atoms with E-state index in [1.807, 2.05) is 31.2 Å². The minimum absolute atomic E-state index is 0.315. The molecule has 0 fully saturated rings. The van der Waals surface area contributed by atoms with Gasteiger partial charge >= 0.3 is 0 Å². The second-order valence-electron chi connectivity index (χ2n) is 4.68. The van der Waals surface area contributed by atoms with E-state index in [1.165, 1.54) is 4.68 Å². The summed E-state index contributed by atoms with van der Waals surface area (Å²) >= 11 is 5.31. The molecule has 0 aliphatic carbocycles. The number of aromatic nitrogens is 2.